The van der Waals surface area contributed by atoms with E-state index in [-0.39, 0.29) is 11.6 Å². The number of halogens is 1. The quantitative estimate of drug-likeness (QED) is 0.426. The molecule has 0 fully saturated rings. The molecule has 0 saturated carbocycles. The first-order valence-electron chi connectivity index (χ1n) is 7.95. The SMILES string of the molecule is Cc1c(O)ccc2c(CSc3nnnn3-c3cccc(F)c3)cc(=O)oc12. The van der Waals surface area contributed by atoms with Crippen LogP contribution in [-0.4, -0.2) is 25.3 Å². The summed E-state index contributed by atoms with van der Waals surface area (Å²) >= 11 is 1.30. The maximum atomic E-state index is 13.5. The van der Waals surface area contributed by atoms with Crippen LogP contribution >= 0.6 is 11.8 Å². The number of aromatic hydroxyl groups is 1. The average molecular weight is 384 g/mol. The zero-order chi connectivity index (χ0) is 19.0. The molecular weight excluding hydrogens is 371 g/mol. The lowest BCUT2D eigenvalue weighted by atomic mass is 10.1. The molecule has 0 atom stereocenters. The minimum Gasteiger partial charge on any atom is -0.508 e. The summed E-state index contributed by atoms with van der Waals surface area (Å²) in [4.78, 5) is 11.9. The summed E-state index contributed by atoms with van der Waals surface area (Å²) in [6.07, 6.45) is 0. The van der Waals surface area contributed by atoms with E-state index in [1.54, 1.807) is 31.2 Å². The van der Waals surface area contributed by atoms with Gasteiger partial charge in [0.05, 0.1) is 5.69 Å². The molecule has 0 radical (unpaired) electrons. The van der Waals surface area contributed by atoms with Gasteiger partial charge in [0.1, 0.15) is 17.1 Å². The van der Waals surface area contributed by atoms with Crippen LogP contribution < -0.4 is 5.63 Å². The van der Waals surface area contributed by atoms with Gasteiger partial charge in [-0.1, -0.05) is 17.8 Å². The zero-order valence-corrected chi connectivity index (χ0v) is 14.9. The third-order valence-corrected chi connectivity index (χ3v) is 5.04. The van der Waals surface area contributed by atoms with Gasteiger partial charge in [0, 0.05) is 22.8 Å². The number of thioether (sulfide) groups is 1. The Bertz CT molecular complexity index is 1200. The minimum atomic E-state index is -0.503. The van der Waals surface area contributed by atoms with Crippen molar-refractivity contribution in [3.63, 3.8) is 0 Å². The lowest BCUT2D eigenvalue weighted by Crippen LogP contribution is -2.02. The minimum absolute atomic E-state index is 0.0606. The summed E-state index contributed by atoms with van der Waals surface area (Å²) in [6.45, 7) is 1.68. The molecule has 0 unspecified atom stereocenters. The lowest BCUT2D eigenvalue weighted by Gasteiger charge is -2.08. The Morgan fingerprint density at radius 2 is 2.11 bits per heavy atom. The van der Waals surface area contributed by atoms with Crippen LogP contribution in [0.2, 0.25) is 0 Å². The van der Waals surface area contributed by atoms with E-state index in [1.165, 1.54) is 34.6 Å². The number of phenols is 1. The van der Waals surface area contributed by atoms with Gasteiger partial charge in [-0.2, -0.15) is 4.68 Å². The standard InChI is InChI=1S/C18H13FN4O3S/c1-10-15(24)6-5-14-11(7-16(25)26-17(10)14)9-27-18-20-21-22-23(18)13-4-2-3-12(19)8-13/h2-8,24H,9H2,1H3. The van der Waals surface area contributed by atoms with Crippen molar-refractivity contribution in [3.8, 4) is 11.4 Å². The predicted octanol–water partition coefficient (Wildman–Crippen LogP) is 3.21. The van der Waals surface area contributed by atoms with Crippen molar-refractivity contribution in [2.45, 2.75) is 17.8 Å². The highest BCUT2D eigenvalue weighted by Gasteiger charge is 2.14. The molecule has 9 heteroatoms. The van der Waals surface area contributed by atoms with Crippen LogP contribution in [0.3, 0.4) is 0 Å². The molecule has 1 N–H and O–H groups in total. The van der Waals surface area contributed by atoms with Gasteiger partial charge in [-0.05, 0) is 53.2 Å². The Kier molecular flexibility index (Phi) is 4.36. The highest BCUT2D eigenvalue weighted by atomic mass is 32.2. The number of phenolic OH excluding ortho intramolecular Hbond substituents is 1. The largest absolute Gasteiger partial charge is 0.508 e. The summed E-state index contributed by atoms with van der Waals surface area (Å²) in [5.74, 6) is 0.0635. The fraction of sp³-hybridized carbons (Fsp3) is 0.111. The topological polar surface area (TPSA) is 94.0 Å². The summed E-state index contributed by atoms with van der Waals surface area (Å²) in [5, 5.41) is 22.5. The molecule has 0 amide bonds. The van der Waals surface area contributed by atoms with E-state index in [1.807, 2.05) is 0 Å². The van der Waals surface area contributed by atoms with Gasteiger partial charge in [0.25, 0.3) is 0 Å². The van der Waals surface area contributed by atoms with Crippen molar-refractivity contribution in [1.29, 1.82) is 0 Å². The predicted molar refractivity (Wildman–Crippen MR) is 97.6 cm³/mol. The fourth-order valence-electron chi connectivity index (χ4n) is 2.72. The van der Waals surface area contributed by atoms with Crippen molar-refractivity contribution in [1.82, 2.24) is 20.2 Å². The number of aromatic nitrogens is 4. The average Bonchev–Trinajstić information content (AvgIpc) is 3.12. The van der Waals surface area contributed by atoms with Gasteiger partial charge in [-0.3, -0.25) is 0 Å². The van der Waals surface area contributed by atoms with E-state index in [4.69, 9.17) is 4.42 Å². The van der Waals surface area contributed by atoms with E-state index in [0.29, 0.717) is 27.7 Å². The van der Waals surface area contributed by atoms with Crippen LogP contribution in [0.25, 0.3) is 16.7 Å². The second kappa shape index (κ2) is 6.84. The van der Waals surface area contributed by atoms with Gasteiger partial charge >= 0.3 is 5.63 Å². The van der Waals surface area contributed by atoms with Gasteiger partial charge in [-0.25, -0.2) is 9.18 Å². The second-order valence-electron chi connectivity index (χ2n) is 5.82. The molecule has 2 aromatic carbocycles. The molecule has 0 spiro atoms. The molecule has 0 aliphatic rings. The first-order chi connectivity index (χ1) is 13.0. The van der Waals surface area contributed by atoms with Gasteiger partial charge in [0.2, 0.25) is 5.16 Å². The molecule has 4 rings (SSSR count). The third kappa shape index (κ3) is 3.28. The smallest absolute Gasteiger partial charge is 0.336 e. The third-order valence-electron chi connectivity index (χ3n) is 4.07. The summed E-state index contributed by atoms with van der Waals surface area (Å²) in [6, 6.07) is 10.6. The van der Waals surface area contributed by atoms with Crippen LogP contribution in [-0.2, 0) is 5.75 Å². The molecule has 27 heavy (non-hydrogen) atoms. The van der Waals surface area contributed by atoms with Crippen LogP contribution in [0.15, 0.2) is 56.8 Å². The number of nitrogens with zero attached hydrogens (tertiary/aromatic N) is 4. The van der Waals surface area contributed by atoms with E-state index < -0.39 is 5.63 Å². The number of hydrogen-bond acceptors (Lipinski definition) is 7. The molecule has 4 aromatic rings. The Labute approximate surface area is 156 Å². The van der Waals surface area contributed by atoms with Crippen molar-refractivity contribution in [2.75, 3.05) is 0 Å². The monoisotopic (exact) mass is 384 g/mol. The fourth-order valence-corrected chi connectivity index (χ4v) is 3.60. The van der Waals surface area contributed by atoms with Crippen LogP contribution in [0, 0.1) is 12.7 Å². The van der Waals surface area contributed by atoms with E-state index in [0.717, 1.165) is 10.9 Å². The highest BCUT2D eigenvalue weighted by Crippen LogP contribution is 2.30. The molecule has 0 saturated heterocycles. The molecule has 0 bridgehead atoms. The maximum absolute atomic E-state index is 13.5. The summed E-state index contributed by atoms with van der Waals surface area (Å²) in [5.41, 5.74) is 1.57. The number of benzene rings is 2. The van der Waals surface area contributed by atoms with Crippen molar-refractivity contribution in [2.24, 2.45) is 0 Å². The van der Waals surface area contributed by atoms with Crippen LogP contribution in [0.4, 0.5) is 4.39 Å². The second-order valence-corrected chi connectivity index (χ2v) is 6.76. The maximum Gasteiger partial charge on any atom is 0.336 e. The molecular formula is C18H13FN4O3S. The summed E-state index contributed by atoms with van der Waals surface area (Å²) < 4.78 is 20.2. The van der Waals surface area contributed by atoms with E-state index >= 15 is 0 Å². The Balaban J connectivity index is 1.69. The number of tetrazole rings is 1. The normalized spacial score (nSPS) is 11.2. The number of hydrogen-bond donors (Lipinski definition) is 1. The van der Waals surface area contributed by atoms with Crippen LogP contribution in [0.5, 0.6) is 5.75 Å². The van der Waals surface area contributed by atoms with Gasteiger partial charge < -0.3 is 9.52 Å². The molecule has 0 aliphatic heterocycles. The summed E-state index contributed by atoms with van der Waals surface area (Å²) in [7, 11) is 0. The molecule has 2 heterocycles. The van der Waals surface area contributed by atoms with Crippen LogP contribution in [0.1, 0.15) is 11.1 Å². The van der Waals surface area contributed by atoms with Gasteiger partial charge in [0.15, 0.2) is 0 Å². The Morgan fingerprint density at radius 1 is 1.26 bits per heavy atom. The van der Waals surface area contributed by atoms with Crippen molar-refractivity contribution in [3.05, 3.63) is 69.8 Å². The number of rotatable bonds is 4. The van der Waals surface area contributed by atoms with Crippen molar-refractivity contribution < 1.29 is 13.9 Å². The van der Waals surface area contributed by atoms with E-state index in [9.17, 15) is 14.3 Å². The van der Waals surface area contributed by atoms with E-state index in [2.05, 4.69) is 15.5 Å². The molecule has 136 valence electrons. The van der Waals surface area contributed by atoms with Gasteiger partial charge in [-0.15, -0.1) is 5.10 Å². The Morgan fingerprint density at radius 3 is 2.93 bits per heavy atom. The van der Waals surface area contributed by atoms with Crippen molar-refractivity contribution >= 4 is 22.7 Å². The first kappa shape index (κ1) is 17.2. The first-order valence-corrected chi connectivity index (χ1v) is 8.94. The molecule has 0 aliphatic carbocycles. The zero-order valence-electron chi connectivity index (χ0n) is 14.1. The Hall–Kier alpha value is -3.20. The number of aryl methyl sites for hydroxylation is 1. The molecule has 7 nitrogen and oxygen atoms in total. The molecule has 2 aromatic heterocycles. The highest BCUT2D eigenvalue weighted by molar-refractivity contribution is 7.98. The lowest BCUT2D eigenvalue weighted by molar-refractivity contribution is 0.468. The number of fused-ring (bicyclic) bond motifs is 1.